The normalized spacial score (nSPS) is 16.2. The summed E-state index contributed by atoms with van der Waals surface area (Å²) in [5.74, 6) is -0.132. The van der Waals surface area contributed by atoms with Crippen LogP contribution in [-0.4, -0.2) is 26.6 Å². The van der Waals surface area contributed by atoms with Crippen molar-refractivity contribution < 1.29 is 13.2 Å². The fourth-order valence-electron chi connectivity index (χ4n) is 2.65. The van der Waals surface area contributed by atoms with Crippen molar-refractivity contribution in [2.24, 2.45) is 0 Å². The molecular weight excluding hydrogens is 348 g/mol. The number of amides is 1. The highest BCUT2D eigenvalue weighted by Gasteiger charge is 2.28. The molecule has 1 N–H and O–H groups in total. The van der Waals surface area contributed by atoms with Crippen LogP contribution in [-0.2, 0) is 10.0 Å². The first kappa shape index (κ1) is 16.8. The van der Waals surface area contributed by atoms with Gasteiger partial charge in [0.1, 0.15) is 0 Å². The highest BCUT2D eigenvalue weighted by molar-refractivity contribution is 7.93. The van der Waals surface area contributed by atoms with Crippen molar-refractivity contribution in [3.05, 3.63) is 58.6 Å². The van der Waals surface area contributed by atoms with Gasteiger partial charge in [0.25, 0.3) is 5.91 Å². The molecule has 0 spiro atoms. The van der Waals surface area contributed by atoms with Crippen LogP contribution in [0.15, 0.2) is 42.5 Å². The zero-order valence-corrected chi connectivity index (χ0v) is 14.7. The van der Waals surface area contributed by atoms with Crippen LogP contribution in [0.3, 0.4) is 0 Å². The second-order valence-corrected chi connectivity index (χ2v) is 8.15. The number of carbonyl (C=O) groups excluding carboxylic acids is 1. The molecule has 3 rings (SSSR count). The van der Waals surface area contributed by atoms with Gasteiger partial charge in [-0.25, -0.2) is 8.42 Å². The third-order valence-corrected chi connectivity index (χ3v) is 6.05. The molecule has 1 aliphatic rings. The van der Waals surface area contributed by atoms with Gasteiger partial charge in [0.15, 0.2) is 0 Å². The van der Waals surface area contributed by atoms with Crippen molar-refractivity contribution in [1.29, 1.82) is 0 Å². The smallest absolute Gasteiger partial charge is 0.255 e. The minimum Gasteiger partial charge on any atom is -0.322 e. The number of nitrogens with one attached hydrogen (secondary N) is 1. The number of anilines is 2. The maximum atomic E-state index is 12.4. The fourth-order valence-corrected chi connectivity index (χ4v) is 4.40. The largest absolute Gasteiger partial charge is 0.322 e. The number of benzene rings is 2. The maximum absolute atomic E-state index is 12.4. The molecule has 2 aromatic carbocycles. The summed E-state index contributed by atoms with van der Waals surface area (Å²) in [7, 11) is -3.25. The Morgan fingerprint density at radius 2 is 2.00 bits per heavy atom. The number of halogens is 1. The third kappa shape index (κ3) is 3.39. The second kappa shape index (κ2) is 6.45. The van der Waals surface area contributed by atoms with Crippen LogP contribution in [0, 0.1) is 6.92 Å². The summed E-state index contributed by atoms with van der Waals surface area (Å²) in [4.78, 5) is 12.4. The summed E-state index contributed by atoms with van der Waals surface area (Å²) < 4.78 is 25.5. The Morgan fingerprint density at radius 1 is 1.21 bits per heavy atom. The van der Waals surface area contributed by atoms with Gasteiger partial charge in [-0.3, -0.25) is 9.10 Å². The van der Waals surface area contributed by atoms with Crippen molar-refractivity contribution in [2.75, 3.05) is 21.9 Å². The van der Waals surface area contributed by atoms with Gasteiger partial charge in [-0.1, -0.05) is 23.7 Å². The van der Waals surface area contributed by atoms with E-state index in [1.54, 1.807) is 42.5 Å². The monoisotopic (exact) mass is 364 g/mol. The molecule has 1 saturated heterocycles. The Labute approximate surface area is 146 Å². The predicted octanol–water partition coefficient (Wildman–Crippen LogP) is 3.44. The lowest BCUT2D eigenvalue weighted by molar-refractivity contribution is 0.102. The Kier molecular flexibility index (Phi) is 4.51. The topological polar surface area (TPSA) is 66.5 Å². The minimum absolute atomic E-state index is 0.158. The standard InChI is InChI=1S/C17H17ClN2O3S/c1-12-6-7-15(20-8-3-9-24(20,22)23)11-16(12)19-17(21)13-4-2-5-14(18)10-13/h2,4-7,10-11H,3,8-9H2,1H3,(H,19,21). The van der Waals surface area contributed by atoms with Crippen molar-refractivity contribution in [3.63, 3.8) is 0 Å². The molecular formula is C17H17ClN2O3S. The van der Waals surface area contributed by atoms with Crippen LogP contribution < -0.4 is 9.62 Å². The minimum atomic E-state index is -3.25. The average molecular weight is 365 g/mol. The van der Waals surface area contributed by atoms with E-state index in [4.69, 9.17) is 11.6 Å². The van der Waals surface area contributed by atoms with E-state index in [1.165, 1.54) is 4.31 Å². The number of aryl methyl sites for hydroxylation is 1. The SMILES string of the molecule is Cc1ccc(N2CCCS2(=O)=O)cc1NC(=O)c1cccc(Cl)c1. The van der Waals surface area contributed by atoms with Gasteiger partial charge >= 0.3 is 0 Å². The molecule has 7 heteroatoms. The number of nitrogens with zero attached hydrogens (tertiary/aromatic N) is 1. The molecule has 0 saturated carbocycles. The first-order valence-electron chi connectivity index (χ1n) is 7.55. The van der Waals surface area contributed by atoms with Gasteiger partial charge in [-0.2, -0.15) is 0 Å². The molecule has 0 aromatic heterocycles. The molecule has 0 atom stereocenters. The second-order valence-electron chi connectivity index (χ2n) is 5.71. The van der Waals surface area contributed by atoms with E-state index in [1.807, 2.05) is 6.92 Å². The van der Waals surface area contributed by atoms with Crippen LogP contribution in [0.2, 0.25) is 5.02 Å². The molecule has 126 valence electrons. The Morgan fingerprint density at radius 3 is 2.67 bits per heavy atom. The fraction of sp³-hybridized carbons (Fsp3) is 0.235. The molecule has 1 heterocycles. The zero-order chi connectivity index (χ0) is 17.3. The maximum Gasteiger partial charge on any atom is 0.255 e. The lowest BCUT2D eigenvalue weighted by Crippen LogP contribution is -2.25. The molecule has 0 unspecified atom stereocenters. The first-order chi connectivity index (χ1) is 11.4. The summed E-state index contributed by atoms with van der Waals surface area (Å²) in [5, 5.41) is 3.31. The Bertz CT molecular complexity index is 896. The summed E-state index contributed by atoms with van der Waals surface area (Å²) in [6.07, 6.45) is 0.612. The van der Waals surface area contributed by atoms with Gasteiger partial charge < -0.3 is 5.32 Å². The van der Waals surface area contributed by atoms with E-state index in [-0.39, 0.29) is 11.7 Å². The summed E-state index contributed by atoms with van der Waals surface area (Å²) in [6.45, 7) is 2.32. The molecule has 0 aliphatic carbocycles. The van der Waals surface area contributed by atoms with Crippen LogP contribution in [0.4, 0.5) is 11.4 Å². The van der Waals surface area contributed by atoms with Crippen molar-refractivity contribution >= 4 is 38.9 Å². The van der Waals surface area contributed by atoms with Crippen molar-refractivity contribution in [1.82, 2.24) is 0 Å². The molecule has 2 aromatic rings. The van der Waals surface area contributed by atoms with E-state index < -0.39 is 10.0 Å². The molecule has 24 heavy (non-hydrogen) atoms. The number of rotatable bonds is 3. The van der Waals surface area contributed by atoms with Gasteiger partial charge in [0, 0.05) is 22.8 Å². The average Bonchev–Trinajstić information content (AvgIpc) is 2.89. The Hall–Kier alpha value is -2.05. The quantitative estimate of drug-likeness (QED) is 0.907. The van der Waals surface area contributed by atoms with Crippen LogP contribution in [0.5, 0.6) is 0 Å². The van der Waals surface area contributed by atoms with Crippen LogP contribution >= 0.6 is 11.6 Å². The van der Waals surface area contributed by atoms with E-state index in [0.29, 0.717) is 34.9 Å². The molecule has 1 amide bonds. The Balaban J connectivity index is 1.88. The summed E-state index contributed by atoms with van der Waals surface area (Å²) in [6, 6.07) is 11.9. The molecule has 0 bridgehead atoms. The summed E-state index contributed by atoms with van der Waals surface area (Å²) >= 11 is 5.91. The van der Waals surface area contributed by atoms with Crippen molar-refractivity contribution in [3.8, 4) is 0 Å². The van der Waals surface area contributed by atoms with E-state index in [9.17, 15) is 13.2 Å². The molecule has 5 nitrogen and oxygen atoms in total. The third-order valence-electron chi connectivity index (χ3n) is 3.94. The molecule has 0 radical (unpaired) electrons. The van der Waals surface area contributed by atoms with Crippen molar-refractivity contribution in [2.45, 2.75) is 13.3 Å². The lowest BCUT2D eigenvalue weighted by Gasteiger charge is -2.19. The number of hydrogen-bond donors (Lipinski definition) is 1. The number of hydrogen-bond acceptors (Lipinski definition) is 3. The number of carbonyl (C=O) groups is 1. The zero-order valence-electron chi connectivity index (χ0n) is 13.1. The highest BCUT2D eigenvalue weighted by Crippen LogP contribution is 2.29. The van der Waals surface area contributed by atoms with E-state index >= 15 is 0 Å². The van der Waals surface area contributed by atoms with Crippen LogP contribution in [0.25, 0.3) is 0 Å². The van der Waals surface area contributed by atoms with Gasteiger partial charge in [-0.15, -0.1) is 0 Å². The van der Waals surface area contributed by atoms with Crippen LogP contribution in [0.1, 0.15) is 22.3 Å². The number of sulfonamides is 1. The molecule has 1 aliphatic heterocycles. The van der Waals surface area contributed by atoms with Gasteiger partial charge in [0.05, 0.1) is 11.4 Å². The van der Waals surface area contributed by atoms with Gasteiger partial charge in [-0.05, 0) is 49.2 Å². The van der Waals surface area contributed by atoms with Gasteiger partial charge in [0.2, 0.25) is 10.0 Å². The predicted molar refractivity (Wildman–Crippen MR) is 96.3 cm³/mol. The highest BCUT2D eigenvalue weighted by atomic mass is 35.5. The van der Waals surface area contributed by atoms with E-state index in [0.717, 1.165) is 5.56 Å². The molecule has 1 fully saturated rings. The summed E-state index contributed by atoms with van der Waals surface area (Å²) in [5.41, 5.74) is 2.45. The lowest BCUT2D eigenvalue weighted by atomic mass is 10.1. The first-order valence-corrected chi connectivity index (χ1v) is 9.53. The van der Waals surface area contributed by atoms with E-state index in [2.05, 4.69) is 5.32 Å².